The lowest BCUT2D eigenvalue weighted by Crippen LogP contribution is -1.95. The van der Waals surface area contributed by atoms with E-state index in [4.69, 9.17) is 32.2 Å². The molecule has 184 valence electrons. The maximum Gasteiger partial charge on any atom is 0.249 e. The Morgan fingerprint density at radius 3 is 1.95 bits per heavy atom. The first kappa shape index (κ1) is 22.1. The smallest absolute Gasteiger partial charge is 0.249 e. The van der Waals surface area contributed by atoms with Crippen LogP contribution < -0.4 is 5.73 Å². The highest BCUT2D eigenvalue weighted by Crippen LogP contribution is 2.25. The minimum absolute atomic E-state index is 0.159. The summed E-state index contributed by atoms with van der Waals surface area (Å²) in [6.45, 7) is 0.174. The molecule has 0 radical (unpaired) electrons. The average molecular weight is 501 g/mol. The highest BCUT2D eigenvalue weighted by molar-refractivity contribution is 5.72. The van der Waals surface area contributed by atoms with Gasteiger partial charge in [-0.05, 0) is 6.08 Å². The Morgan fingerprint density at radius 2 is 1.24 bits per heavy atom. The van der Waals surface area contributed by atoms with E-state index in [1.165, 1.54) is 37.6 Å². The maximum absolute atomic E-state index is 10.8. The summed E-state index contributed by atoms with van der Waals surface area (Å²) in [6.07, 6.45) is 12.9. The van der Waals surface area contributed by atoms with Crippen LogP contribution in [0.25, 0.3) is 52.4 Å². The van der Waals surface area contributed by atoms with Crippen LogP contribution in [0.4, 0.5) is 0 Å². The number of oxazole rings is 6. The first-order valence-electron chi connectivity index (χ1n) is 10.7. The molecule has 2 N–H and O–H groups in total. The Morgan fingerprint density at radius 1 is 0.649 bits per heavy atom. The third kappa shape index (κ3) is 4.51. The standard InChI is InChI=1S/C23H15N7O7/c24-4-19-28-15(9-33-19)23-29-16(10-37-23)20-25-12(6-34-20)2-1-3-18-27-14(8-32-18)22-30-17(11-36-22)21-26-13(5-31)7-35-21/h1,3,5-11H,2,4,24H2/b3-1+. The molecule has 0 bridgehead atoms. The van der Waals surface area contributed by atoms with Gasteiger partial charge >= 0.3 is 0 Å². The van der Waals surface area contributed by atoms with Crippen molar-refractivity contribution < 1.29 is 31.3 Å². The zero-order chi connectivity index (χ0) is 25.2. The molecule has 0 saturated carbocycles. The molecule has 37 heavy (non-hydrogen) atoms. The van der Waals surface area contributed by atoms with Gasteiger partial charge in [0.2, 0.25) is 35.3 Å². The molecule has 0 atom stereocenters. The van der Waals surface area contributed by atoms with E-state index in [9.17, 15) is 4.79 Å². The van der Waals surface area contributed by atoms with Gasteiger partial charge < -0.3 is 32.2 Å². The fourth-order valence-electron chi connectivity index (χ4n) is 3.20. The number of hydrogen-bond donors (Lipinski definition) is 1. The number of carbonyl (C=O) groups excluding carboxylic acids is 1. The van der Waals surface area contributed by atoms with Gasteiger partial charge in [0.25, 0.3) is 0 Å². The normalized spacial score (nSPS) is 11.6. The lowest BCUT2D eigenvalue weighted by atomic mass is 10.3. The molecule has 0 aliphatic heterocycles. The molecule has 0 spiro atoms. The molecule has 6 heterocycles. The molecule has 0 fully saturated rings. The van der Waals surface area contributed by atoms with E-state index >= 15 is 0 Å². The number of rotatable bonds is 9. The second kappa shape index (κ2) is 9.35. The zero-order valence-electron chi connectivity index (χ0n) is 18.7. The third-order valence-electron chi connectivity index (χ3n) is 4.92. The first-order valence-corrected chi connectivity index (χ1v) is 10.7. The van der Waals surface area contributed by atoms with Crippen molar-refractivity contribution in [2.24, 2.45) is 5.73 Å². The molecule has 14 heteroatoms. The van der Waals surface area contributed by atoms with Crippen LogP contribution in [-0.2, 0) is 13.0 Å². The minimum atomic E-state index is 0.159. The Hall–Kier alpha value is -5.37. The second-order valence-electron chi connectivity index (χ2n) is 7.42. The molecule has 0 aliphatic rings. The van der Waals surface area contributed by atoms with Gasteiger partial charge in [0, 0.05) is 6.42 Å². The molecule has 0 saturated heterocycles. The molecular formula is C23H15N7O7. The van der Waals surface area contributed by atoms with E-state index in [1.54, 1.807) is 6.08 Å². The second-order valence-corrected chi connectivity index (χ2v) is 7.42. The number of nitrogens with two attached hydrogens (primary N) is 1. The summed E-state index contributed by atoms with van der Waals surface area (Å²) in [4.78, 5) is 36.2. The Bertz CT molecular complexity index is 1700. The number of hydrogen-bond acceptors (Lipinski definition) is 14. The average Bonchev–Trinajstić information content (AvgIpc) is 3.75. The van der Waals surface area contributed by atoms with Gasteiger partial charge in [-0.15, -0.1) is 0 Å². The Labute approximate surface area is 205 Å². The molecule has 6 aromatic rings. The number of aldehydes is 1. The van der Waals surface area contributed by atoms with Crippen molar-refractivity contribution in [2.75, 3.05) is 0 Å². The SMILES string of the molecule is NCc1nc(-c2nc(-c3nc(C/C=C/c4nc(-c5nc(-c6nc(C=O)co6)co5)co4)co3)co2)co1. The topological polar surface area (TPSA) is 199 Å². The van der Waals surface area contributed by atoms with Gasteiger partial charge in [0.05, 0.1) is 12.2 Å². The van der Waals surface area contributed by atoms with E-state index in [2.05, 4.69) is 29.9 Å². The van der Waals surface area contributed by atoms with Crippen LogP contribution in [0.3, 0.4) is 0 Å². The molecule has 6 aromatic heterocycles. The Balaban J connectivity index is 1.09. The summed E-state index contributed by atoms with van der Waals surface area (Å²) in [5.74, 6) is 1.65. The van der Waals surface area contributed by atoms with E-state index in [1.807, 2.05) is 6.08 Å². The third-order valence-corrected chi connectivity index (χ3v) is 4.92. The van der Waals surface area contributed by atoms with Crippen molar-refractivity contribution in [2.45, 2.75) is 13.0 Å². The largest absolute Gasteiger partial charge is 0.447 e. The van der Waals surface area contributed by atoms with Gasteiger partial charge in [-0.3, -0.25) is 4.79 Å². The molecular weight excluding hydrogens is 486 g/mol. The van der Waals surface area contributed by atoms with E-state index in [-0.39, 0.29) is 29.9 Å². The zero-order valence-corrected chi connectivity index (χ0v) is 18.7. The molecule has 6 rings (SSSR count). The quantitative estimate of drug-likeness (QED) is 0.280. The van der Waals surface area contributed by atoms with Crippen molar-refractivity contribution in [3.63, 3.8) is 0 Å². The highest BCUT2D eigenvalue weighted by Gasteiger charge is 2.17. The summed E-state index contributed by atoms with van der Waals surface area (Å²) in [6, 6.07) is 0. The number of aromatic nitrogens is 6. The van der Waals surface area contributed by atoms with Crippen molar-refractivity contribution in [1.82, 2.24) is 29.9 Å². The molecule has 0 unspecified atom stereocenters. The van der Waals surface area contributed by atoms with Gasteiger partial charge in [-0.1, -0.05) is 6.08 Å². The van der Waals surface area contributed by atoms with Gasteiger partial charge in [0.1, 0.15) is 43.3 Å². The van der Waals surface area contributed by atoms with Crippen molar-refractivity contribution in [1.29, 1.82) is 0 Å². The summed E-state index contributed by atoms with van der Waals surface area (Å²) in [7, 11) is 0. The van der Waals surface area contributed by atoms with Crippen LogP contribution in [0, 0.1) is 0 Å². The minimum Gasteiger partial charge on any atom is -0.447 e. The predicted molar refractivity (Wildman–Crippen MR) is 121 cm³/mol. The lowest BCUT2D eigenvalue weighted by Gasteiger charge is -1.86. The van der Waals surface area contributed by atoms with E-state index < -0.39 is 0 Å². The van der Waals surface area contributed by atoms with E-state index in [0.717, 1.165) is 0 Å². The Kier molecular flexibility index (Phi) is 5.59. The fourth-order valence-corrected chi connectivity index (χ4v) is 3.20. The van der Waals surface area contributed by atoms with Crippen LogP contribution in [0.2, 0.25) is 0 Å². The lowest BCUT2D eigenvalue weighted by molar-refractivity contribution is 0.111. The summed E-state index contributed by atoms with van der Waals surface area (Å²) in [5, 5.41) is 0. The number of nitrogens with zero attached hydrogens (tertiary/aromatic N) is 6. The maximum atomic E-state index is 10.8. The predicted octanol–water partition coefficient (Wildman–Crippen LogP) is 3.81. The van der Waals surface area contributed by atoms with Crippen LogP contribution in [0.1, 0.15) is 28.0 Å². The van der Waals surface area contributed by atoms with E-state index in [0.29, 0.717) is 58.8 Å². The summed E-state index contributed by atoms with van der Waals surface area (Å²) >= 11 is 0. The van der Waals surface area contributed by atoms with Gasteiger partial charge in [-0.25, -0.2) is 29.9 Å². The van der Waals surface area contributed by atoms with Crippen molar-refractivity contribution in [3.8, 4) is 46.3 Å². The van der Waals surface area contributed by atoms with Crippen LogP contribution in [-0.4, -0.2) is 36.2 Å². The van der Waals surface area contributed by atoms with Crippen molar-refractivity contribution in [3.05, 3.63) is 66.8 Å². The monoisotopic (exact) mass is 501 g/mol. The van der Waals surface area contributed by atoms with Gasteiger partial charge in [-0.2, -0.15) is 0 Å². The molecule has 0 aromatic carbocycles. The summed E-state index contributed by atoms with van der Waals surface area (Å²) < 4.78 is 32.2. The fraction of sp³-hybridized carbons (Fsp3) is 0.0870. The first-order chi connectivity index (χ1) is 18.2. The number of allylic oxidation sites excluding steroid dienone is 1. The number of carbonyl (C=O) groups is 1. The van der Waals surface area contributed by atoms with Crippen molar-refractivity contribution >= 4 is 12.4 Å². The molecule has 0 aliphatic carbocycles. The highest BCUT2D eigenvalue weighted by atomic mass is 16.4. The summed E-state index contributed by atoms with van der Waals surface area (Å²) in [5.41, 5.74) is 7.87. The van der Waals surface area contributed by atoms with Crippen LogP contribution in [0.15, 0.2) is 70.2 Å². The molecule has 14 nitrogen and oxygen atoms in total. The molecule has 0 amide bonds. The van der Waals surface area contributed by atoms with Crippen LogP contribution in [0.5, 0.6) is 0 Å². The van der Waals surface area contributed by atoms with Gasteiger partial charge in [0.15, 0.2) is 29.1 Å². The van der Waals surface area contributed by atoms with Crippen LogP contribution >= 0.6 is 0 Å².